The number of carboxylic acids is 1. The molecular weight excluding hydrogens is 248 g/mol. The topological polar surface area (TPSA) is 127 Å². The predicted molar refractivity (Wildman–Crippen MR) is 61.5 cm³/mol. The zero-order valence-corrected chi connectivity index (χ0v) is 10.5. The molecule has 0 spiro atoms. The minimum atomic E-state index is -1.53. The molecule has 17 heavy (non-hydrogen) atoms. The van der Waals surface area contributed by atoms with Crippen molar-refractivity contribution >= 4 is 28.6 Å². The number of carbonyl (C=O) groups is 3. The lowest BCUT2D eigenvalue weighted by Crippen LogP contribution is -2.44. The molecule has 0 saturated heterocycles. The molecule has 0 aliphatic heterocycles. The second kappa shape index (κ2) is 7.00. The van der Waals surface area contributed by atoms with Crippen LogP contribution in [0.1, 0.15) is 13.8 Å². The number of primary amides is 1. The van der Waals surface area contributed by atoms with Crippen LogP contribution < -0.4 is 11.1 Å². The van der Waals surface area contributed by atoms with E-state index in [1.54, 1.807) is 0 Å². The van der Waals surface area contributed by atoms with E-state index in [-0.39, 0.29) is 11.5 Å². The molecule has 0 aromatic heterocycles. The van der Waals surface area contributed by atoms with E-state index in [2.05, 4.69) is 5.32 Å². The van der Waals surface area contributed by atoms with Gasteiger partial charge in [-0.05, 0) is 0 Å². The highest BCUT2D eigenvalue weighted by atomic mass is 32.2. The standard InChI is InChI=1S/C9H16N2O5S/c1-5(8(10)13)3-17(16)4-7(9(14)15)11-6(2)12/h5,7H,3-4H2,1-2H3,(H2,10,13)(H,11,12)(H,14,15). The molecule has 7 nitrogen and oxygen atoms in total. The molecular formula is C9H16N2O5S. The van der Waals surface area contributed by atoms with Gasteiger partial charge in [0.05, 0.1) is 5.75 Å². The Balaban J connectivity index is 4.36. The third-order valence-electron chi connectivity index (χ3n) is 1.95. The summed E-state index contributed by atoms with van der Waals surface area (Å²) in [4.78, 5) is 32.2. The third-order valence-corrected chi connectivity index (χ3v) is 3.53. The second-order valence-corrected chi connectivity index (χ2v) is 5.21. The van der Waals surface area contributed by atoms with Crippen LogP contribution >= 0.6 is 0 Å². The molecule has 0 aliphatic carbocycles. The van der Waals surface area contributed by atoms with E-state index >= 15 is 0 Å². The van der Waals surface area contributed by atoms with E-state index in [1.165, 1.54) is 13.8 Å². The summed E-state index contributed by atoms with van der Waals surface area (Å²) in [6, 6.07) is -1.21. The summed E-state index contributed by atoms with van der Waals surface area (Å²) in [6.45, 7) is 2.68. The van der Waals surface area contributed by atoms with Crippen molar-refractivity contribution in [2.45, 2.75) is 19.9 Å². The molecule has 0 heterocycles. The first-order chi connectivity index (χ1) is 7.73. The molecule has 4 N–H and O–H groups in total. The molecule has 0 aromatic rings. The lowest BCUT2D eigenvalue weighted by Gasteiger charge is -2.13. The molecule has 0 rings (SSSR count). The fraction of sp³-hybridized carbons (Fsp3) is 0.667. The Morgan fingerprint density at radius 1 is 1.35 bits per heavy atom. The van der Waals surface area contributed by atoms with E-state index in [0.29, 0.717) is 0 Å². The number of aliphatic carboxylic acids is 1. The molecule has 0 radical (unpaired) electrons. The van der Waals surface area contributed by atoms with Crippen LogP contribution in [0.5, 0.6) is 0 Å². The zero-order valence-electron chi connectivity index (χ0n) is 9.63. The van der Waals surface area contributed by atoms with Gasteiger partial charge in [-0.25, -0.2) is 4.79 Å². The SMILES string of the molecule is CC(=O)NC(CS(=O)CC(C)C(N)=O)C(=O)O. The van der Waals surface area contributed by atoms with Crippen molar-refractivity contribution in [3.8, 4) is 0 Å². The Bertz CT molecular complexity index is 344. The number of nitrogens with two attached hydrogens (primary N) is 1. The largest absolute Gasteiger partial charge is 0.480 e. The van der Waals surface area contributed by atoms with Crippen LogP contribution in [0.4, 0.5) is 0 Å². The van der Waals surface area contributed by atoms with Crippen molar-refractivity contribution in [3.63, 3.8) is 0 Å². The van der Waals surface area contributed by atoms with Crippen LogP contribution in [0, 0.1) is 5.92 Å². The minimum absolute atomic E-state index is 0.0152. The van der Waals surface area contributed by atoms with E-state index < -0.39 is 40.5 Å². The van der Waals surface area contributed by atoms with Crippen LogP contribution in [-0.4, -0.2) is 44.6 Å². The van der Waals surface area contributed by atoms with Crippen LogP contribution in [0.25, 0.3) is 0 Å². The summed E-state index contributed by atoms with van der Waals surface area (Å²) in [7, 11) is -1.53. The van der Waals surface area contributed by atoms with Gasteiger partial charge in [-0.15, -0.1) is 0 Å². The number of nitrogens with one attached hydrogen (secondary N) is 1. The van der Waals surface area contributed by atoms with Crippen molar-refractivity contribution in [1.29, 1.82) is 0 Å². The maximum atomic E-state index is 11.5. The average Bonchev–Trinajstić information content (AvgIpc) is 2.15. The number of hydrogen-bond acceptors (Lipinski definition) is 4. The summed E-state index contributed by atoms with van der Waals surface area (Å²) in [6.07, 6.45) is 0. The van der Waals surface area contributed by atoms with Crippen LogP contribution in [0.2, 0.25) is 0 Å². The zero-order chi connectivity index (χ0) is 13.6. The predicted octanol–water partition coefficient (Wildman–Crippen LogP) is -1.55. The molecule has 3 unspecified atom stereocenters. The molecule has 98 valence electrons. The second-order valence-electron chi connectivity index (χ2n) is 3.67. The van der Waals surface area contributed by atoms with Crippen molar-refractivity contribution in [1.82, 2.24) is 5.32 Å². The summed E-state index contributed by atoms with van der Waals surface area (Å²) < 4.78 is 11.5. The van der Waals surface area contributed by atoms with E-state index in [0.717, 1.165) is 0 Å². The van der Waals surface area contributed by atoms with Gasteiger partial charge < -0.3 is 16.2 Å². The van der Waals surface area contributed by atoms with E-state index in [9.17, 15) is 18.6 Å². The van der Waals surface area contributed by atoms with Crippen LogP contribution in [0.3, 0.4) is 0 Å². The molecule has 8 heteroatoms. The Morgan fingerprint density at radius 3 is 2.24 bits per heavy atom. The summed E-state index contributed by atoms with van der Waals surface area (Å²) in [5.74, 6) is -3.23. The Labute approximate surface area is 101 Å². The minimum Gasteiger partial charge on any atom is -0.480 e. The number of carbonyl (C=O) groups excluding carboxylic acids is 2. The first-order valence-electron chi connectivity index (χ1n) is 4.88. The van der Waals surface area contributed by atoms with E-state index in [4.69, 9.17) is 10.8 Å². The van der Waals surface area contributed by atoms with Gasteiger partial charge in [-0.3, -0.25) is 13.8 Å². The fourth-order valence-corrected chi connectivity index (χ4v) is 2.49. The maximum absolute atomic E-state index is 11.5. The average molecular weight is 264 g/mol. The highest BCUT2D eigenvalue weighted by Crippen LogP contribution is 2.00. The van der Waals surface area contributed by atoms with Crippen LogP contribution in [0.15, 0.2) is 0 Å². The molecule has 0 aromatic carbocycles. The highest BCUT2D eigenvalue weighted by Gasteiger charge is 2.23. The molecule has 0 bridgehead atoms. The number of hydrogen-bond donors (Lipinski definition) is 3. The Kier molecular flexibility index (Phi) is 6.40. The Morgan fingerprint density at radius 2 is 1.88 bits per heavy atom. The first kappa shape index (κ1) is 15.6. The van der Waals surface area contributed by atoms with Gasteiger partial charge in [0.15, 0.2) is 0 Å². The van der Waals surface area contributed by atoms with E-state index in [1.807, 2.05) is 0 Å². The number of carboxylic acid groups (broad SMARTS) is 1. The van der Waals surface area contributed by atoms with Gasteiger partial charge in [-0.1, -0.05) is 6.92 Å². The highest BCUT2D eigenvalue weighted by molar-refractivity contribution is 7.85. The molecule has 0 fully saturated rings. The molecule has 2 amide bonds. The normalized spacial score (nSPS) is 15.6. The molecule has 0 saturated carbocycles. The first-order valence-corrected chi connectivity index (χ1v) is 6.37. The third kappa shape index (κ3) is 6.67. The summed E-state index contributed by atoms with van der Waals surface area (Å²) in [5, 5.41) is 10.9. The molecule has 0 aliphatic rings. The van der Waals surface area contributed by atoms with Crippen LogP contribution in [-0.2, 0) is 25.2 Å². The van der Waals surface area contributed by atoms with Gasteiger partial charge in [-0.2, -0.15) is 0 Å². The van der Waals surface area contributed by atoms with Gasteiger partial charge in [0, 0.05) is 29.4 Å². The van der Waals surface area contributed by atoms with Gasteiger partial charge in [0.1, 0.15) is 6.04 Å². The van der Waals surface area contributed by atoms with Crippen molar-refractivity contribution < 1.29 is 23.7 Å². The monoisotopic (exact) mass is 264 g/mol. The smallest absolute Gasteiger partial charge is 0.327 e. The molecule has 3 atom stereocenters. The van der Waals surface area contributed by atoms with Crippen molar-refractivity contribution in [2.75, 3.05) is 11.5 Å². The lowest BCUT2D eigenvalue weighted by molar-refractivity contribution is -0.140. The number of rotatable bonds is 7. The quantitative estimate of drug-likeness (QED) is 0.513. The van der Waals surface area contributed by atoms with Crippen molar-refractivity contribution in [2.24, 2.45) is 11.7 Å². The lowest BCUT2D eigenvalue weighted by atomic mass is 10.2. The number of amides is 2. The fourth-order valence-electron chi connectivity index (χ4n) is 1.03. The maximum Gasteiger partial charge on any atom is 0.327 e. The van der Waals surface area contributed by atoms with Gasteiger partial charge >= 0.3 is 5.97 Å². The summed E-state index contributed by atoms with van der Waals surface area (Å²) >= 11 is 0. The van der Waals surface area contributed by atoms with Gasteiger partial charge in [0.25, 0.3) is 0 Å². The van der Waals surface area contributed by atoms with Crippen molar-refractivity contribution in [3.05, 3.63) is 0 Å². The van der Waals surface area contributed by atoms with Gasteiger partial charge in [0.2, 0.25) is 11.8 Å². The summed E-state index contributed by atoms with van der Waals surface area (Å²) in [5.41, 5.74) is 5.00. The Hall–Kier alpha value is -1.44.